The molecule has 2 heterocycles. The van der Waals surface area contributed by atoms with Crippen molar-refractivity contribution >= 4 is 6.09 Å². The number of aryl methyl sites for hydroxylation is 1. The van der Waals surface area contributed by atoms with Gasteiger partial charge in [-0.2, -0.15) is 0 Å². The lowest BCUT2D eigenvalue weighted by molar-refractivity contribution is 0.0225. The summed E-state index contributed by atoms with van der Waals surface area (Å²) in [6.45, 7) is 15.3. The van der Waals surface area contributed by atoms with Gasteiger partial charge in [0.25, 0.3) is 0 Å². The van der Waals surface area contributed by atoms with Gasteiger partial charge in [-0.1, -0.05) is 39.8 Å². The summed E-state index contributed by atoms with van der Waals surface area (Å²) in [7, 11) is 0. The molecule has 0 aliphatic carbocycles. The summed E-state index contributed by atoms with van der Waals surface area (Å²) in [6, 6.07) is 12.2. The Hall–Kier alpha value is -2.43. The van der Waals surface area contributed by atoms with E-state index in [0.29, 0.717) is 19.7 Å². The minimum atomic E-state index is -0.495. The molecule has 1 aliphatic heterocycles. The molecule has 162 valence electrons. The number of para-hydroxylation sites is 2. The minimum absolute atomic E-state index is 0.279. The molecule has 1 aromatic carbocycles. The second-order valence-corrected chi connectivity index (χ2v) is 7.26. The zero-order chi connectivity index (χ0) is 21.9. The van der Waals surface area contributed by atoms with Crippen molar-refractivity contribution in [2.75, 3.05) is 19.7 Å². The molecule has 3 rings (SSSR count). The summed E-state index contributed by atoms with van der Waals surface area (Å²) in [5, 5.41) is 0. The van der Waals surface area contributed by atoms with Crippen molar-refractivity contribution in [3.05, 3.63) is 48.3 Å². The van der Waals surface area contributed by atoms with Gasteiger partial charge in [0.05, 0.1) is 12.2 Å². The summed E-state index contributed by atoms with van der Waals surface area (Å²) in [6.07, 6.45) is 3.55. The Labute approximate surface area is 176 Å². The Morgan fingerprint density at radius 3 is 2.38 bits per heavy atom. The van der Waals surface area contributed by atoms with Crippen molar-refractivity contribution in [3.63, 3.8) is 0 Å². The first-order valence-corrected chi connectivity index (χ1v) is 10.8. The first-order chi connectivity index (χ1) is 13.9. The number of amides is 1. The maximum Gasteiger partial charge on any atom is 0.410 e. The number of aromatic nitrogens is 1. The number of ether oxygens (including phenoxy) is 2. The number of nitrogens with zero attached hydrogens (tertiary/aromatic N) is 2. The van der Waals surface area contributed by atoms with Crippen LogP contribution in [0.3, 0.4) is 0 Å². The highest BCUT2D eigenvalue weighted by Gasteiger charge is 2.22. The van der Waals surface area contributed by atoms with E-state index in [2.05, 4.69) is 22.9 Å². The van der Waals surface area contributed by atoms with E-state index in [0.717, 1.165) is 24.3 Å². The number of fused-ring (bicyclic) bond motifs is 3. The summed E-state index contributed by atoms with van der Waals surface area (Å²) >= 11 is 0. The lowest BCUT2D eigenvalue weighted by Gasteiger charge is -2.27. The average molecular weight is 403 g/mol. The molecule has 2 aromatic rings. The van der Waals surface area contributed by atoms with Crippen molar-refractivity contribution in [3.8, 4) is 11.4 Å². The molecule has 1 aromatic heterocycles. The third kappa shape index (κ3) is 7.48. The largest absolute Gasteiger partial charge is 0.490 e. The molecule has 5 heteroatoms. The van der Waals surface area contributed by atoms with E-state index < -0.39 is 5.60 Å². The third-order valence-corrected chi connectivity index (χ3v) is 4.09. The maximum atomic E-state index is 12.4. The third-order valence-electron chi connectivity index (χ3n) is 4.09. The Kier molecular flexibility index (Phi) is 10.4. The molecule has 0 spiro atoms. The van der Waals surface area contributed by atoms with Crippen LogP contribution < -0.4 is 4.74 Å². The molecule has 1 aliphatic rings. The fourth-order valence-electron chi connectivity index (χ4n) is 2.97. The van der Waals surface area contributed by atoms with Crippen LogP contribution in [0.5, 0.6) is 5.75 Å². The molecular weight excluding hydrogens is 364 g/mol. The topological polar surface area (TPSA) is 43.7 Å². The molecule has 0 bridgehead atoms. The van der Waals surface area contributed by atoms with Crippen molar-refractivity contribution in [2.24, 2.45) is 0 Å². The first kappa shape index (κ1) is 24.6. The quantitative estimate of drug-likeness (QED) is 0.535. The SMILES string of the molecule is CC.CC.CC(C)(C)OC(=O)N1CCCc2cccn2-c2ccccc2OCC1. The molecule has 29 heavy (non-hydrogen) atoms. The first-order valence-electron chi connectivity index (χ1n) is 10.8. The molecule has 1 amide bonds. The van der Waals surface area contributed by atoms with E-state index >= 15 is 0 Å². The van der Waals surface area contributed by atoms with Gasteiger partial charge in [0.15, 0.2) is 0 Å². The molecule has 0 saturated carbocycles. The Morgan fingerprint density at radius 2 is 1.69 bits per heavy atom. The summed E-state index contributed by atoms with van der Waals surface area (Å²) in [5.74, 6) is 0.825. The van der Waals surface area contributed by atoms with Gasteiger partial charge >= 0.3 is 6.09 Å². The van der Waals surface area contributed by atoms with Gasteiger partial charge in [0.2, 0.25) is 0 Å². The van der Waals surface area contributed by atoms with Crippen LogP contribution in [-0.2, 0) is 11.2 Å². The van der Waals surface area contributed by atoms with Crippen LogP contribution in [0.4, 0.5) is 4.79 Å². The van der Waals surface area contributed by atoms with E-state index in [-0.39, 0.29) is 6.09 Å². The fraction of sp³-hybridized carbons (Fsp3) is 0.542. The van der Waals surface area contributed by atoms with Gasteiger partial charge in [-0.25, -0.2) is 4.79 Å². The van der Waals surface area contributed by atoms with E-state index in [1.165, 1.54) is 5.69 Å². The summed E-state index contributed by atoms with van der Waals surface area (Å²) < 4.78 is 13.7. The molecule has 5 nitrogen and oxygen atoms in total. The van der Waals surface area contributed by atoms with Crippen molar-refractivity contribution in [2.45, 2.75) is 66.9 Å². The number of hydrogen-bond acceptors (Lipinski definition) is 3. The van der Waals surface area contributed by atoms with E-state index in [1.807, 2.05) is 72.7 Å². The molecule has 0 radical (unpaired) electrons. The molecule has 0 saturated heterocycles. The van der Waals surface area contributed by atoms with Crippen LogP contribution in [0, 0.1) is 0 Å². The molecule has 0 unspecified atom stereocenters. The van der Waals surface area contributed by atoms with Crippen molar-refractivity contribution < 1.29 is 14.3 Å². The van der Waals surface area contributed by atoms with Gasteiger partial charge in [-0.15, -0.1) is 0 Å². The van der Waals surface area contributed by atoms with Gasteiger partial charge in [-0.05, 0) is 57.9 Å². The van der Waals surface area contributed by atoms with E-state index in [4.69, 9.17) is 9.47 Å². The smallest absolute Gasteiger partial charge is 0.410 e. The maximum absolute atomic E-state index is 12.4. The number of benzene rings is 1. The van der Waals surface area contributed by atoms with Gasteiger partial charge in [0, 0.05) is 18.4 Å². The minimum Gasteiger partial charge on any atom is -0.490 e. The predicted octanol–water partition coefficient (Wildman–Crippen LogP) is 6.09. The normalized spacial score (nSPS) is 13.7. The Bertz CT molecular complexity index is 732. The highest BCUT2D eigenvalue weighted by atomic mass is 16.6. The fourth-order valence-corrected chi connectivity index (χ4v) is 2.97. The number of hydrogen-bond donors (Lipinski definition) is 0. The standard InChI is InChI=1S/C20H26N2O3.2C2H6/c1-20(2,3)25-19(23)21-12-6-8-16-9-7-13-22(16)17-10-4-5-11-18(17)24-15-14-21;2*1-2/h4-5,7,9-11,13H,6,8,12,14-15H2,1-3H3;2*1-2H3. The average Bonchev–Trinajstić information content (AvgIpc) is 3.16. The molecule has 0 N–H and O–H groups in total. The molecule has 0 atom stereocenters. The van der Waals surface area contributed by atoms with Crippen LogP contribution in [0.25, 0.3) is 5.69 Å². The second kappa shape index (κ2) is 12.2. The van der Waals surface area contributed by atoms with Crippen LogP contribution in [0.15, 0.2) is 42.6 Å². The number of rotatable bonds is 0. The zero-order valence-corrected chi connectivity index (χ0v) is 19.2. The number of carbonyl (C=O) groups is 1. The zero-order valence-electron chi connectivity index (χ0n) is 19.2. The molecule has 0 fully saturated rings. The lowest BCUT2D eigenvalue weighted by atomic mass is 10.2. The Morgan fingerprint density at radius 1 is 1.00 bits per heavy atom. The van der Waals surface area contributed by atoms with Crippen LogP contribution in [-0.4, -0.2) is 40.9 Å². The lowest BCUT2D eigenvalue weighted by Crippen LogP contribution is -2.39. The second-order valence-electron chi connectivity index (χ2n) is 7.26. The summed E-state index contributed by atoms with van der Waals surface area (Å²) in [4.78, 5) is 14.2. The van der Waals surface area contributed by atoms with Crippen molar-refractivity contribution in [1.29, 1.82) is 0 Å². The van der Waals surface area contributed by atoms with Crippen LogP contribution in [0.2, 0.25) is 0 Å². The number of carbonyl (C=O) groups excluding carboxylic acids is 1. The van der Waals surface area contributed by atoms with E-state index in [1.54, 1.807) is 4.90 Å². The Balaban J connectivity index is 0.000000989. The van der Waals surface area contributed by atoms with Gasteiger partial charge < -0.3 is 18.9 Å². The predicted molar refractivity (Wildman–Crippen MR) is 120 cm³/mol. The van der Waals surface area contributed by atoms with Crippen LogP contribution >= 0.6 is 0 Å². The van der Waals surface area contributed by atoms with E-state index in [9.17, 15) is 4.79 Å². The highest BCUT2D eigenvalue weighted by Crippen LogP contribution is 2.25. The van der Waals surface area contributed by atoms with Gasteiger partial charge in [-0.3, -0.25) is 0 Å². The summed E-state index contributed by atoms with van der Waals surface area (Å²) in [5.41, 5.74) is 1.75. The van der Waals surface area contributed by atoms with Gasteiger partial charge in [0.1, 0.15) is 18.0 Å². The monoisotopic (exact) mass is 402 g/mol. The molecular formula is C24H38N2O3. The van der Waals surface area contributed by atoms with Crippen molar-refractivity contribution in [1.82, 2.24) is 9.47 Å². The van der Waals surface area contributed by atoms with Crippen LogP contribution in [0.1, 0.15) is 60.6 Å². The highest BCUT2D eigenvalue weighted by molar-refractivity contribution is 5.68.